The standard InChI is InChI=1S/2C7H11.2ClH.Ti/c2*1-2-7-4-3-6(1)5-7;;;/h2*1,6-7H,2-5H2;2*1H;/q2*-1;;;+2/p-2. The summed E-state index contributed by atoms with van der Waals surface area (Å²) in [4.78, 5) is 0. The van der Waals surface area contributed by atoms with E-state index in [1.54, 1.807) is 0 Å². The molecule has 0 amide bonds. The third-order valence-electron chi connectivity index (χ3n) is 4.77. The quantitative estimate of drug-likeness (QED) is 0.415. The molecule has 3 heteroatoms. The van der Waals surface area contributed by atoms with E-state index >= 15 is 0 Å². The Bertz CT molecular complexity index is 164. The molecule has 4 unspecified atom stereocenters. The third kappa shape index (κ3) is 4.71. The summed E-state index contributed by atoms with van der Waals surface area (Å²) in [7, 11) is 9.78. The summed E-state index contributed by atoms with van der Waals surface area (Å²) in [6, 6.07) is 0. The van der Waals surface area contributed by atoms with Crippen molar-refractivity contribution in [3.8, 4) is 0 Å². The molecule has 0 heterocycles. The fourth-order valence-corrected chi connectivity index (χ4v) is 3.85. The molecule has 0 aromatic carbocycles. The first-order valence-electron chi connectivity index (χ1n) is 6.94. The van der Waals surface area contributed by atoms with Gasteiger partial charge in [0.2, 0.25) is 0 Å². The molecule has 0 saturated heterocycles. The minimum atomic E-state index is -0.556. The molecule has 17 heavy (non-hydrogen) atoms. The van der Waals surface area contributed by atoms with Crippen LogP contribution in [0.25, 0.3) is 0 Å². The zero-order chi connectivity index (χ0) is 12.1. The summed E-state index contributed by atoms with van der Waals surface area (Å²) < 4.78 is 0. The molecule has 0 spiro atoms. The van der Waals surface area contributed by atoms with E-state index in [2.05, 4.69) is 12.8 Å². The molecule has 0 radical (unpaired) electrons. The van der Waals surface area contributed by atoms with Crippen LogP contribution < -0.4 is 0 Å². The second kappa shape index (κ2) is 7.78. The molecule has 4 saturated carbocycles. The molecule has 4 rings (SSSR count). The van der Waals surface area contributed by atoms with Gasteiger partial charge in [-0.15, -0.1) is 0 Å². The minimum absolute atomic E-state index is 0.556. The molecule has 4 bridgehead atoms. The van der Waals surface area contributed by atoms with Crippen molar-refractivity contribution in [3.63, 3.8) is 0 Å². The van der Waals surface area contributed by atoms with E-state index in [0.29, 0.717) is 0 Å². The van der Waals surface area contributed by atoms with E-state index in [4.69, 9.17) is 18.6 Å². The maximum atomic E-state index is 4.89. The van der Waals surface area contributed by atoms with Crippen molar-refractivity contribution in [3.05, 3.63) is 12.8 Å². The van der Waals surface area contributed by atoms with Gasteiger partial charge in [-0.3, -0.25) is 0 Å². The Balaban J connectivity index is 0.000000105. The molecule has 4 aliphatic carbocycles. The summed E-state index contributed by atoms with van der Waals surface area (Å²) in [5, 5.41) is 0. The van der Waals surface area contributed by atoms with Crippen molar-refractivity contribution in [1.82, 2.24) is 0 Å². The van der Waals surface area contributed by atoms with Crippen molar-refractivity contribution in [1.29, 1.82) is 0 Å². The Morgan fingerprint density at radius 3 is 1.24 bits per heavy atom. The van der Waals surface area contributed by atoms with E-state index in [9.17, 15) is 0 Å². The first kappa shape index (κ1) is 14.7. The van der Waals surface area contributed by atoms with E-state index in [1.807, 2.05) is 0 Å². The van der Waals surface area contributed by atoms with Crippen LogP contribution in [-0.2, 0) is 17.0 Å². The van der Waals surface area contributed by atoms with Gasteiger partial charge in [0.15, 0.2) is 0 Å². The second-order valence-corrected chi connectivity index (χ2v) is 8.47. The Hall–Kier alpha value is 1.29. The fraction of sp³-hybridized carbons (Fsp3) is 0.857. The number of halogens is 2. The second-order valence-electron chi connectivity index (χ2n) is 5.89. The van der Waals surface area contributed by atoms with E-state index in [1.165, 1.54) is 51.4 Å². The van der Waals surface area contributed by atoms with Crippen LogP contribution in [0.15, 0.2) is 0 Å². The zero-order valence-corrected chi connectivity index (χ0v) is 13.5. The summed E-state index contributed by atoms with van der Waals surface area (Å²) in [5.41, 5.74) is 0. The van der Waals surface area contributed by atoms with Crippen LogP contribution in [0.1, 0.15) is 51.4 Å². The van der Waals surface area contributed by atoms with Gasteiger partial charge in [-0.2, -0.15) is 24.7 Å². The van der Waals surface area contributed by atoms with Gasteiger partial charge in [-0.1, -0.05) is 50.4 Å². The summed E-state index contributed by atoms with van der Waals surface area (Å²) in [6.45, 7) is 0. The van der Waals surface area contributed by atoms with Crippen LogP contribution in [0.3, 0.4) is 0 Å². The van der Waals surface area contributed by atoms with Crippen LogP contribution in [-0.4, -0.2) is 0 Å². The Morgan fingerprint density at radius 2 is 1.18 bits per heavy atom. The van der Waals surface area contributed by atoms with Crippen molar-refractivity contribution in [2.45, 2.75) is 51.4 Å². The molecule has 4 aliphatic rings. The fourth-order valence-electron chi connectivity index (χ4n) is 3.85. The monoisotopic (exact) mass is 308 g/mol. The van der Waals surface area contributed by atoms with Crippen LogP contribution in [0.5, 0.6) is 0 Å². The first-order valence-corrected chi connectivity index (χ1v) is 11.2. The molecule has 98 valence electrons. The number of fused-ring (bicyclic) bond motifs is 4. The Labute approximate surface area is 123 Å². The number of hydrogen-bond donors (Lipinski definition) is 0. The molecular formula is C14H22Cl2Ti-2. The third-order valence-corrected chi connectivity index (χ3v) is 4.77. The first-order chi connectivity index (χ1) is 8.31. The molecule has 0 aromatic rings. The maximum absolute atomic E-state index is 4.89. The van der Waals surface area contributed by atoms with Crippen molar-refractivity contribution >= 4 is 18.6 Å². The molecular weight excluding hydrogens is 287 g/mol. The SMILES string of the molecule is [CH-]1CC2CCC1C2.[CH-]1CC2CCC1C2.[Cl][Ti][Cl]. The summed E-state index contributed by atoms with van der Waals surface area (Å²) in [5.74, 6) is 4.32. The van der Waals surface area contributed by atoms with Gasteiger partial charge in [-0.25, -0.2) is 0 Å². The van der Waals surface area contributed by atoms with Crippen molar-refractivity contribution in [2.24, 2.45) is 23.7 Å². The number of rotatable bonds is 0. The molecule has 4 atom stereocenters. The molecule has 0 aromatic heterocycles. The molecule has 0 nitrogen and oxygen atoms in total. The Kier molecular flexibility index (Phi) is 6.73. The predicted molar refractivity (Wildman–Crippen MR) is 71.2 cm³/mol. The van der Waals surface area contributed by atoms with Crippen molar-refractivity contribution in [2.75, 3.05) is 0 Å². The predicted octanol–water partition coefficient (Wildman–Crippen LogP) is 5.40. The van der Waals surface area contributed by atoms with Gasteiger partial charge in [0.05, 0.1) is 0 Å². The zero-order valence-electron chi connectivity index (χ0n) is 10.4. The molecule has 4 fully saturated rings. The van der Waals surface area contributed by atoms with Gasteiger partial charge < -0.3 is 12.8 Å². The normalized spacial score (nSPS) is 40.4. The van der Waals surface area contributed by atoms with Crippen LogP contribution in [0, 0.1) is 36.5 Å². The van der Waals surface area contributed by atoms with Crippen LogP contribution in [0.2, 0.25) is 0 Å². The average molecular weight is 309 g/mol. The van der Waals surface area contributed by atoms with Crippen LogP contribution >= 0.6 is 18.6 Å². The van der Waals surface area contributed by atoms with Crippen molar-refractivity contribution < 1.29 is 17.0 Å². The van der Waals surface area contributed by atoms with Crippen LogP contribution in [0.4, 0.5) is 0 Å². The summed E-state index contributed by atoms with van der Waals surface area (Å²) >= 11 is -0.556. The topological polar surface area (TPSA) is 0 Å². The summed E-state index contributed by atoms with van der Waals surface area (Å²) in [6.07, 6.45) is 17.0. The van der Waals surface area contributed by atoms with E-state index < -0.39 is 17.0 Å². The van der Waals surface area contributed by atoms with Gasteiger partial charge in [0, 0.05) is 0 Å². The van der Waals surface area contributed by atoms with E-state index in [-0.39, 0.29) is 0 Å². The van der Waals surface area contributed by atoms with E-state index in [0.717, 1.165) is 23.7 Å². The number of hydrogen-bond acceptors (Lipinski definition) is 0. The molecule has 0 aliphatic heterocycles. The average Bonchev–Trinajstić information content (AvgIpc) is 3.13. The van der Waals surface area contributed by atoms with Gasteiger partial charge >= 0.3 is 35.6 Å². The Morgan fingerprint density at radius 1 is 0.765 bits per heavy atom. The van der Waals surface area contributed by atoms with Gasteiger partial charge in [0.1, 0.15) is 0 Å². The van der Waals surface area contributed by atoms with Gasteiger partial charge in [0.25, 0.3) is 0 Å². The molecule has 0 N–H and O–H groups in total. The van der Waals surface area contributed by atoms with Gasteiger partial charge in [-0.05, 0) is 0 Å².